The van der Waals surface area contributed by atoms with Crippen LogP contribution in [0.3, 0.4) is 0 Å². The molecule has 96 valence electrons. The molecule has 0 saturated carbocycles. The van der Waals surface area contributed by atoms with E-state index in [0.29, 0.717) is 6.42 Å². The van der Waals surface area contributed by atoms with Crippen molar-refractivity contribution in [2.45, 2.75) is 32.0 Å². The van der Waals surface area contributed by atoms with Gasteiger partial charge in [-0.25, -0.2) is 0 Å². The Hall–Kier alpha value is -1.14. The quantitative estimate of drug-likeness (QED) is 0.603. The Kier molecular flexibility index (Phi) is 4.54. The number of ketones is 1. The Labute approximate surface area is 114 Å². The van der Waals surface area contributed by atoms with Crippen molar-refractivity contribution in [1.29, 1.82) is 0 Å². The fraction of sp³-hybridized carbons (Fsp3) is 0.417. The molecule has 0 aliphatic heterocycles. The number of thioether (sulfide) groups is 1. The van der Waals surface area contributed by atoms with Crippen LogP contribution in [0.15, 0.2) is 22.7 Å². The Morgan fingerprint density at radius 2 is 2.33 bits per heavy atom. The lowest BCUT2D eigenvalue weighted by Gasteiger charge is -2.03. The average molecular weight is 281 g/mol. The average Bonchev–Trinajstić information content (AvgIpc) is 2.99. The predicted molar refractivity (Wildman–Crippen MR) is 74.4 cm³/mol. The van der Waals surface area contributed by atoms with Crippen LogP contribution in [-0.4, -0.2) is 26.3 Å². The summed E-state index contributed by atoms with van der Waals surface area (Å²) in [5, 5.41) is 11.0. The summed E-state index contributed by atoms with van der Waals surface area (Å²) in [6, 6.07) is 3.78. The van der Waals surface area contributed by atoms with Gasteiger partial charge in [0.15, 0.2) is 10.9 Å². The van der Waals surface area contributed by atoms with Gasteiger partial charge in [0.1, 0.15) is 5.82 Å². The van der Waals surface area contributed by atoms with E-state index < -0.39 is 0 Å². The van der Waals surface area contributed by atoms with Crippen LogP contribution in [0.1, 0.15) is 28.8 Å². The van der Waals surface area contributed by atoms with Crippen LogP contribution in [0.5, 0.6) is 0 Å². The lowest BCUT2D eigenvalue weighted by molar-refractivity contribution is 0.0993. The summed E-state index contributed by atoms with van der Waals surface area (Å²) in [7, 11) is 0. The fourth-order valence-electron chi connectivity index (χ4n) is 1.63. The molecule has 0 saturated heterocycles. The van der Waals surface area contributed by atoms with Crippen molar-refractivity contribution in [2.24, 2.45) is 0 Å². The normalized spacial score (nSPS) is 10.8. The van der Waals surface area contributed by atoms with E-state index in [-0.39, 0.29) is 5.78 Å². The molecule has 0 amide bonds. The number of rotatable bonds is 6. The number of hydrogen-bond acceptors (Lipinski definition) is 5. The third-order valence-electron chi connectivity index (χ3n) is 2.57. The number of carbonyl (C=O) groups excluding carboxylic acids is 1. The van der Waals surface area contributed by atoms with Crippen molar-refractivity contribution in [3.63, 3.8) is 0 Å². The SMILES string of the molecule is CCn1c(C)nnc1SCCC(=O)c1cccs1. The van der Waals surface area contributed by atoms with E-state index in [0.717, 1.165) is 28.2 Å². The standard InChI is InChI=1S/C12H15N3OS2/c1-3-15-9(2)13-14-12(15)18-8-6-10(16)11-5-4-7-17-11/h4-5,7H,3,6,8H2,1-2H3. The summed E-state index contributed by atoms with van der Waals surface area (Å²) < 4.78 is 2.06. The minimum Gasteiger partial charge on any atom is -0.307 e. The zero-order chi connectivity index (χ0) is 13.0. The molecule has 0 atom stereocenters. The summed E-state index contributed by atoms with van der Waals surface area (Å²) in [6.07, 6.45) is 0.542. The number of thiophene rings is 1. The zero-order valence-electron chi connectivity index (χ0n) is 10.4. The molecule has 2 aromatic heterocycles. The van der Waals surface area contributed by atoms with Crippen LogP contribution in [0.25, 0.3) is 0 Å². The largest absolute Gasteiger partial charge is 0.307 e. The molecule has 0 N–H and O–H groups in total. The zero-order valence-corrected chi connectivity index (χ0v) is 12.1. The highest BCUT2D eigenvalue weighted by atomic mass is 32.2. The Balaban J connectivity index is 1.87. The second-order valence-corrected chi connectivity index (χ2v) is 5.78. The number of hydrogen-bond donors (Lipinski definition) is 0. The topological polar surface area (TPSA) is 47.8 Å². The van der Waals surface area contributed by atoms with Crippen LogP contribution >= 0.6 is 23.1 Å². The molecule has 6 heteroatoms. The van der Waals surface area contributed by atoms with Gasteiger partial charge in [-0.1, -0.05) is 17.8 Å². The summed E-state index contributed by atoms with van der Waals surface area (Å²) >= 11 is 3.09. The molecule has 2 aromatic rings. The van der Waals surface area contributed by atoms with Gasteiger partial charge < -0.3 is 4.57 Å². The Morgan fingerprint density at radius 3 is 3.00 bits per heavy atom. The lowest BCUT2D eigenvalue weighted by atomic mass is 10.3. The number of Topliss-reactive ketones (excluding diaryl/α,β-unsaturated/α-hetero) is 1. The van der Waals surface area contributed by atoms with Crippen LogP contribution in [0.2, 0.25) is 0 Å². The van der Waals surface area contributed by atoms with Crippen LogP contribution in [0.4, 0.5) is 0 Å². The first-order chi connectivity index (χ1) is 8.72. The van der Waals surface area contributed by atoms with Crippen molar-refractivity contribution in [2.75, 3.05) is 5.75 Å². The van der Waals surface area contributed by atoms with Gasteiger partial charge in [-0.3, -0.25) is 4.79 Å². The number of aryl methyl sites for hydroxylation is 1. The van der Waals surface area contributed by atoms with Crippen molar-refractivity contribution in [1.82, 2.24) is 14.8 Å². The molecule has 0 fully saturated rings. The molecule has 0 bridgehead atoms. The summed E-state index contributed by atoms with van der Waals surface area (Å²) in [5.41, 5.74) is 0. The maximum Gasteiger partial charge on any atom is 0.191 e. The first-order valence-electron chi connectivity index (χ1n) is 5.81. The lowest BCUT2D eigenvalue weighted by Crippen LogP contribution is -2.01. The van der Waals surface area contributed by atoms with E-state index in [2.05, 4.69) is 21.7 Å². The molecule has 0 aliphatic rings. The van der Waals surface area contributed by atoms with Gasteiger partial charge in [0, 0.05) is 18.7 Å². The van der Waals surface area contributed by atoms with Crippen molar-refractivity contribution >= 4 is 28.9 Å². The van der Waals surface area contributed by atoms with Crippen LogP contribution in [-0.2, 0) is 6.54 Å². The Bertz CT molecular complexity index is 519. The van der Waals surface area contributed by atoms with Crippen LogP contribution < -0.4 is 0 Å². The van der Waals surface area contributed by atoms with E-state index in [4.69, 9.17) is 0 Å². The molecule has 0 unspecified atom stereocenters. The molecule has 2 heterocycles. The van der Waals surface area contributed by atoms with Gasteiger partial charge >= 0.3 is 0 Å². The first kappa shape index (κ1) is 13.3. The van der Waals surface area contributed by atoms with Crippen molar-refractivity contribution in [3.05, 3.63) is 28.2 Å². The minimum absolute atomic E-state index is 0.205. The van der Waals surface area contributed by atoms with Gasteiger partial charge in [-0.05, 0) is 25.3 Å². The molecule has 0 spiro atoms. The van der Waals surface area contributed by atoms with E-state index in [1.54, 1.807) is 11.8 Å². The van der Waals surface area contributed by atoms with E-state index in [1.165, 1.54) is 11.3 Å². The molecule has 18 heavy (non-hydrogen) atoms. The molecular formula is C12H15N3OS2. The predicted octanol–water partition coefficient (Wildman–Crippen LogP) is 3.03. The highest BCUT2D eigenvalue weighted by Gasteiger charge is 2.10. The second kappa shape index (κ2) is 6.15. The molecule has 0 aliphatic carbocycles. The molecule has 0 aromatic carbocycles. The smallest absolute Gasteiger partial charge is 0.191 e. The fourth-order valence-corrected chi connectivity index (χ4v) is 3.31. The second-order valence-electron chi connectivity index (χ2n) is 3.77. The highest BCUT2D eigenvalue weighted by molar-refractivity contribution is 7.99. The number of carbonyl (C=O) groups is 1. The maximum absolute atomic E-state index is 11.8. The van der Waals surface area contributed by atoms with Gasteiger partial charge in [0.2, 0.25) is 0 Å². The molecule has 4 nitrogen and oxygen atoms in total. The van der Waals surface area contributed by atoms with Crippen molar-refractivity contribution in [3.8, 4) is 0 Å². The third-order valence-corrected chi connectivity index (χ3v) is 4.45. The van der Waals surface area contributed by atoms with Crippen LogP contribution in [0, 0.1) is 6.92 Å². The molecular weight excluding hydrogens is 266 g/mol. The third kappa shape index (κ3) is 3.00. The highest BCUT2D eigenvalue weighted by Crippen LogP contribution is 2.19. The van der Waals surface area contributed by atoms with E-state index in [9.17, 15) is 4.79 Å². The number of nitrogens with zero attached hydrogens (tertiary/aromatic N) is 3. The molecule has 2 rings (SSSR count). The monoisotopic (exact) mass is 281 g/mol. The summed E-state index contributed by atoms with van der Waals surface area (Å²) in [5.74, 6) is 1.87. The van der Waals surface area contributed by atoms with Gasteiger partial charge in [0.25, 0.3) is 0 Å². The van der Waals surface area contributed by atoms with E-state index >= 15 is 0 Å². The summed E-state index contributed by atoms with van der Waals surface area (Å²) in [4.78, 5) is 12.6. The first-order valence-corrected chi connectivity index (χ1v) is 7.68. The minimum atomic E-state index is 0.205. The van der Waals surface area contributed by atoms with E-state index in [1.807, 2.05) is 24.4 Å². The molecule has 0 radical (unpaired) electrons. The Morgan fingerprint density at radius 1 is 1.50 bits per heavy atom. The summed E-state index contributed by atoms with van der Waals surface area (Å²) in [6.45, 7) is 4.87. The maximum atomic E-state index is 11.8. The van der Waals surface area contributed by atoms with Gasteiger partial charge in [0.05, 0.1) is 4.88 Å². The van der Waals surface area contributed by atoms with Gasteiger partial charge in [-0.2, -0.15) is 0 Å². The van der Waals surface area contributed by atoms with Gasteiger partial charge in [-0.15, -0.1) is 21.5 Å². The number of aromatic nitrogens is 3. The van der Waals surface area contributed by atoms with Crippen molar-refractivity contribution < 1.29 is 4.79 Å².